The molecule has 0 unspecified atom stereocenters. The van der Waals surface area contributed by atoms with Gasteiger partial charge in [0, 0.05) is 93.1 Å². The third-order valence-corrected chi connectivity index (χ3v) is 13.0. The molecule has 0 aliphatic carbocycles. The Morgan fingerprint density at radius 3 is 1.64 bits per heavy atom. The van der Waals surface area contributed by atoms with Crippen molar-refractivity contribution < 1.29 is 33.2 Å². The van der Waals surface area contributed by atoms with E-state index < -0.39 is 5.82 Å². The zero-order chi connectivity index (χ0) is 56.3. The molecule has 410 valence electrons. The third-order valence-electron chi connectivity index (χ3n) is 13.0. The van der Waals surface area contributed by atoms with E-state index in [0.717, 1.165) is 54.9 Å². The Balaban J connectivity index is 1.17. The number of rotatable bonds is 25. The summed E-state index contributed by atoms with van der Waals surface area (Å²) in [6.07, 6.45) is 15.3. The Morgan fingerprint density at radius 1 is 0.603 bits per heavy atom. The number of nitrogens with zero attached hydrogens (tertiary/aromatic N) is 6. The van der Waals surface area contributed by atoms with Crippen molar-refractivity contribution in [3.63, 3.8) is 0 Å². The van der Waals surface area contributed by atoms with Gasteiger partial charge in [0.2, 0.25) is 23.6 Å². The molecule has 2 aliphatic heterocycles. The van der Waals surface area contributed by atoms with E-state index in [1.807, 2.05) is 75.9 Å². The minimum absolute atomic E-state index is 0.00465. The summed E-state index contributed by atoms with van der Waals surface area (Å²) < 4.78 is 16.0. The number of hydrogen-bond acceptors (Lipinski definition) is 12. The summed E-state index contributed by atoms with van der Waals surface area (Å²) in [5, 5.41) is 8.94. The van der Waals surface area contributed by atoms with Crippen LogP contribution in [-0.2, 0) is 19.2 Å². The number of carbonyl (C=O) groups excluding carboxylic acids is 6. The van der Waals surface area contributed by atoms with Crippen molar-refractivity contribution in [3.8, 4) is 22.3 Å². The zero-order valence-electron chi connectivity index (χ0n) is 46.0. The van der Waals surface area contributed by atoms with Crippen molar-refractivity contribution in [1.29, 1.82) is 0 Å². The van der Waals surface area contributed by atoms with Gasteiger partial charge in [-0.1, -0.05) is 64.1 Å². The first-order valence-corrected chi connectivity index (χ1v) is 26.7. The number of halogens is 1. The second kappa shape index (κ2) is 28.6. The summed E-state index contributed by atoms with van der Waals surface area (Å²) in [6, 6.07) is 19.5. The quantitative estimate of drug-likeness (QED) is 0.0367. The second-order valence-corrected chi connectivity index (χ2v) is 19.4. The summed E-state index contributed by atoms with van der Waals surface area (Å²) in [7, 11) is 3.50. The largest absolute Gasteiger partial charge is 0.387 e. The molecule has 0 saturated carbocycles. The first-order valence-electron chi connectivity index (χ1n) is 26.7. The summed E-state index contributed by atoms with van der Waals surface area (Å²) >= 11 is 0. The first-order chi connectivity index (χ1) is 37.6. The molecule has 0 spiro atoms. The molecule has 0 fully saturated rings. The van der Waals surface area contributed by atoms with Crippen molar-refractivity contribution >= 4 is 83.6 Å². The van der Waals surface area contributed by atoms with Gasteiger partial charge >= 0.3 is 0 Å². The van der Waals surface area contributed by atoms with Crippen LogP contribution in [0.4, 0.5) is 15.8 Å². The van der Waals surface area contributed by atoms with Crippen LogP contribution in [0, 0.1) is 5.82 Å². The molecule has 2 heterocycles. The smallest absolute Gasteiger partial charge is 0.250 e. The monoisotopic (exact) mass is 1060 g/mol. The highest BCUT2D eigenvalue weighted by atomic mass is 19.1. The van der Waals surface area contributed by atoms with E-state index in [0.29, 0.717) is 94.5 Å². The molecule has 0 aromatic heterocycles. The molecule has 4 amide bonds. The van der Waals surface area contributed by atoms with Crippen LogP contribution in [0.2, 0.25) is 0 Å². The molecule has 78 heavy (non-hydrogen) atoms. The van der Waals surface area contributed by atoms with E-state index in [1.165, 1.54) is 6.07 Å². The molecular weight excluding hydrogens is 988 g/mol. The van der Waals surface area contributed by atoms with Crippen molar-refractivity contribution in [3.05, 3.63) is 129 Å². The van der Waals surface area contributed by atoms with E-state index >= 15 is 4.39 Å². The van der Waals surface area contributed by atoms with Gasteiger partial charge in [-0.2, -0.15) is 0 Å². The maximum Gasteiger partial charge on any atom is 0.250 e. The molecule has 0 radical (unpaired) electrons. The van der Waals surface area contributed by atoms with Crippen molar-refractivity contribution in [2.24, 2.45) is 15.7 Å². The number of aliphatic imine (C=N–C) groups is 2. The first kappa shape index (κ1) is 58.8. The third kappa shape index (κ3) is 15.8. The summed E-state index contributed by atoms with van der Waals surface area (Å²) in [5.74, 6) is -0.605. The number of amidine groups is 2. The predicted molar refractivity (Wildman–Crippen MR) is 311 cm³/mol. The molecule has 0 bridgehead atoms. The maximum absolute atomic E-state index is 16.0. The van der Waals surface area contributed by atoms with Crippen LogP contribution < -0.4 is 21.7 Å². The van der Waals surface area contributed by atoms with E-state index in [2.05, 4.69) is 20.9 Å². The molecule has 0 saturated heterocycles. The number of amides is 4. The summed E-state index contributed by atoms with van der Waals surface area (Å²) in [4.78, 5) is 94.0. The fourth-order valence-corrected chi connectivity index (χ4v) is 9.20. The number of likely N-dealkylation sites (N-methyl/N-ethyl adjacent to an activating group) is 3. The molecular formula is C61H73FN10O6. The highest BCUT2D eigenvalue weighted by Crippen LogP contribution is 2.36. The minimum atomic E-state index is -0.569. The zero-order valence-corrected chi connectivity index (χ0v) is 46.0. The number of nitrogens with one attached hydrogen (secondary N) is 3. The van der Waals surface area contributed by atoms with Gasteiger partial charge in [0.25, 0.3) is 0 Å². The highest BCUT2D eigenvalue weighted by Gasteiger charge is 2.25. The molecule has 4 aromatic rings. The average molecular weight is 1060 g/mol. The second-order valence-electron chi connectivity index (χ2n) is 19.4. The Hall–Kier alpha value is -8.47. The molecule has 4 aromatic carbocycles. The fourth-order valence-electron chi connectivity index (χ4n) is 9.20. The maximum atomic E-state index is 16.0. The molecule has 0 atom stereocenters. The van der Waals surface area contributed by atoms with Crippen LogP contribution >= 0.6 is 0 Å². The number of fused-ring (bicyclic) bond motifs is 2. The van der Waals surface area contributed by atoms with Crippen LogP contribution in [0.25, 0.3) is 46.6 Å². The lowest BCUT2D eigenvalue weighted by Gasteiger charge is -2.23. The number of hydrogen-bond donors (Lipinski definition) is 4. The molecule has 6 rings (SSSR count). The molecule has 16 nitrogen and oxygen atoms in total. The lowest BCUT2D eigenvalue weighted by Crippen LogP contribution is -2.41. The highest BCUT2D eigenvalue weighted by molar-refractivity contribution is 6.07. The number of nitrogens with two attached hydrogens (primary N) is 1. The lowest BCUT2D eigenvalue weighted by molar-refractivity contribution is -0.128. The SMILES string of the molecule is CCCN(CCC)C(=O)C1=Cc2c(F)cc(-c3ccc(C=O)c(/C=C\N(C)CC(=O)NCNC4=Nc5cc(-c6ccc(C=O)c(/C=C\N(C)CC(=O)NCC)c6)ccc5C=C(C(=O)N(CCC)CCC)C4)c3)cc2N=C(N)C1. The number of carbonyl (C=O) groups is 6. The molecule has 5 N–H and O–H groups in total. The minimum Gasteiger partial charge on any atom is -0.387 e. The molecule has 17 heteroatoms. The van der Waals surface area contributed by atoms with Crippen LogP contribution in [0.3, 0.4) is 0 Å². The van der Waals surface area contributed by atoms with Gasteiger partial charge in [0.05, 0.1) is 31.1 Å². The van der Waals surface area contributed by atoms with Gasteiger partial charge in [-0.3, -0.25) is 28.8 Å². The van der Waals surface area contributed by atoms with Gasteiger partial charge in [-0.05, 0) is 133 Å². The van der Waals surface area contributed by atoms with Crippen LogP contribution in [0.5, 0.6) is 0 Å². The van der Waals surface area contributed by atoms with Gasteiger partial charge in [0.15, 0.2) is 12.6 Å². The summed E-state index contributed by atoms with van der Waals surface area (Å²) in [5.41, 5.74) is 13.9. The summed E-state index contributed by atoms with van der Waals surface area (Å²) in [6.45, 7) is 12.9. The number of benzene rings is 4. The van der Waals surface area contributed by atoms with Crippen molar-refractivity contribution in [2.75, 3.05) is 66.6 Å². The van der Waals surface area contributed by atoms with Crippen molar-refractivity contribution in [1.82, 2.24) is 35.6 Å². The topological polar surface area (TPSA) is 202 Å². The fraction of sp³-hybridized carbons (Fsp3) is 0.344. The van der Waals surface area contributed by atoms with Crippen LogP contribution in [0.15, 0.2) is 100 Å². The average Bonchev–Trinajstić information content (AvgIpc) is 3.81. The van der Waals surface area contributed by atoms with E-state index in [9.17, 15) is 28.8 Å². The normalized spacial score (nSPS) is 12.9. The Bertz CT molecular complexity index is 3050. The van der Waals surface area contributed by atoms with Gasteiger partial charge in [0.1, 0.15) is 17.5 Å². The number of aldehydes is 2. The van der Waals surface area contributed by atoms with E-state index in [1.54, 1.807) is 89.8 Å². The Labute approximate surface area is 457 Å². The van der Waals surface area contributed by atoms with Gasteiger partial charge < -0.3 is 41.3 Å². The Kier molecular flexibility index (Phi) is 21.6. The van der Waals surface area contributed by atoms with E-state index in [-0.39, 0.29) is 67.6 Å². The molecule has 2 aliphatic rings. The predicted octanol–water partition coefficient (Wildman–Crippen LogP) is 8.98. The van der Waals surface area contributed by atoms with Crippen molar-refractivity contribution in [2.45, 2.75) is 73.1 Å². The van der Waals surface area contributed by atoms with Gasteiger partial charge in [-0.25, -0.2) is 14.4 Å². The van der Waals surface area contributed by atoms with Crippen LogP contribution in [0.1, 0.15) is 116 Å². The lowest BCUT2D eigenvalue weighted by atomic mass is 9.97. The van der Waals surface area contributed by atoms with E-state index in [4.69, 9.17) is 10.7 Å². The van der Waals surface area contributed by atoms with Gasteiger partial charge in [-0.15, -0.1) is 0 Å². The Morgan fingerprint density at radius 2 is 1.10 bits per heavy atom. The standard InChI is InChI=1S/C61H73FN10O6/c1-8-21-71(22-9-2)60(77)50-29-46-16-13-43(41-14-17-47(38-73)44(27-41)19-25-69(6)36-58(75)64-12-5)32-54(46)68-57(35-50)65-40-66-59(76)37-70(7)26-20-45-28-42(15-18-48(45)39-74)49-31-53(62)52-30-51(34-56(63)67-55(52)33-49)61(78)72(23-10-3)24-11-4/h13-20,25-33,38-39H,8-12,21-24,34-37,40H2,1-7H3,(H2,63,67)(H,64,75)(H,65,68)(H,66,76)/b25-19-,26-20-. The van der Waals surface area contributed by atoms with Crippen LogP contribution in [-0.4, -0.2) is 134 Å².